The average Bonchev–Trinajstić information content (AvgIpc) is 2.66. The maximum atomic E-state index is 12.2. The fraction of sp³-hybridized carbons (Fsp3) is 0.250. The molecule has 7 heteroatoms. The van der Waals surface area contributed by atoms with Gasteiger partial charge in [0, 0.05) is 29.8 Å². The van der Waals surface area contributed by atoms with Crippen LogP contribution in [0.15, 0.2) is 42.5 Å². The predicted molar refractivity (Wildman–Crippen MR) is 106 cm³/mol. The van der Waals surface area contributed by atoms with Crippen LogP contribution in [-0.4, -0.2) is 50.6 Å². The first-order valence-electron chi connectivity index (χ1n) is 8.22. The molecule has 0 aliphatic carbocycles. The number of likely N-dealkylation sites (N-methyl/N-ethyl adjacent to an activating group) is 1. The number of nitrogens with one attached hydrogen (secondary N) is 1. The molecule has 0 heterocycles. The second kappa shape index (κ2) is 11.1. The van der Waals surface area contributed by atoms with Gasteiger partial charge in [0.15, 0.2) is 12.6 Å². The molecule has 0 saturated carbocycles. The van der Waals surface area contributed by atoms with Crippen LogP contribution in [0.1, 0.15) is 36.6 Å². The van der Waals surface area contributed by atoms with Crippen molar-refractivity contribution >= 4 is 30.9 Å². The normalized spacial score (nSPS) is 10.0. The lowest BCUT2D eigenvalue weighted by Gasteiger charge is -2.11. The zero-order valence-corrected chi connectivity index (χ0v) is 16.1. The molecule has 0 aliphatic heterocycles. The molecule has 2 aromatic rings. The van der Waals surface area contributed by atoms with Crippen LogP contribution >= 0.6 is 12.4 Å². The molecular formula is C20H23ClN2O4. The Morgan fingerprint density at radius 2 is 1.70 bits per heavy atom. The van der Waals surface area contributed by atoms with Crippen molar-refractivity contribution < 1.29 is 19.1 Å². The third-order valence-corrected chi connectivity index (χ3v) is 3.79. The van der Waals surface area contributed by atoms with Crippen LogP contribution in [0.5, 0.6) is 5.75 Å². The number of hydrogen-bond acceptors (Lipinski definition) is 5. The minimum Gasteiger partial charge on any atom is -0.492 e. The van der Waals surface area contributed by atoms with Gasteiger partial charge in [-0.25, -0.2) is 0 Å². The molecule has 2 aromatic carbocycles. The van der Waals surface area contributed by atoms with Crippen molar-refractivity contribution in [2.75, 3.05) is 27.2 Å². The van der Waals surface area contributed by atoms with Crippen LogP contribution in [0.25, 0.3) is 0 Å². The highest BCUT2D eigenvalue weighted by Crippen LogP contribution is 2.13. The monoisotopic (exact) mass is 390 g/mol. The molecule has 1 amide bonds. The highest BCUT2D eigenvalue weighted by molar-refractivity contribution is 5.98. The number of carbonyl (C=O) groups excluding carboxylic acids is 3. The van der Waals surface area contributed by atoms with Gasteiger partial charge in [-0.2, -0.15) is 0 Å². The lowest BCUT2D eigenvalue weighted by Crippen LogP contribution is -2.23. The van der Waals surface area contributed by atoms with Crippen LogP contribution in [0.2, 0.25) is 0 Å². The minimum atomic E-state index is -0.308. The van der Waals surface area contributed by atoms with Gasteiger partial charge in [0.2, 0.25) is 0 Å². The SMILES string of the molecule is CN(C)CCOc1ccc(CNC(=O)c2ccc(C=O)c(C=O)c2)cc1.Cl. The molecule has 0 aromatic heterocycles. The molecule has 0 unspecified atom stereocenters. The van der Waals surface area contributed by atoms with Gasteiger partial charge >= 0.3 is 0 Å². The number of carbonyl (C=O) groups is 3. The summed E-state index contributed by atoms with van der Waals surface area (Å²) in [6, 6.07) is 11.9. The fourth-order valence-corrected chi connectivity index (χ4v) is 2.26. The summed E-state index contributed by atoms with van der Waals surface area (Å²) in [7, 11) is 3.97. The molecule has 6 nitrogen and oxygen atoms in total. The molecule has 2 rings (SSSR count). The molecule has 27 heavy (non-hydrogen) atoms. The van der Waals surface area contributed by atoms with E-state index in [1.165, 1.54) is 18.2 Å². The van der Waals surface area contributed by atoms with E-state index in [1.54, 1.807) is 0 Å². The number of benzene rings is 2. The van der Waals surface area contributed by atoms with E-state index in [2.05, 4.69) is 5.32 Å². The van der Waals surface area contributed by atoms with Gasteiger partial charge in [-0.05, 0) is 43.9 Å². The average molecular weight is 391 g/mol. The highest BCUT2D eigenvalue weighted by atomic mass is 35.5. The van der Waals surface area contributed by atoms with E-state index >= 15 is 0 Å². The van der Waals surface area contributed by atoms with Gasteiger partial charge in [0.25, 0.3) is 5.91 Å². The highest BCUT2D eigenvalue weighted by Gasteiger charge is 2.09. The summed E-state index contributed by atoms with van der Waals surface area (Å²) < 4.78 is 5.62. The van der Waals surface area contributed by atoms with E-state index in [0.29, 0.717) is 31.3 Å². The Hall–Kier alpha value is -2.70. The van der Waals surface area contributed by atoms with E-state index in [-0.39, 0.29) is 29.4 Å². The Labute approximate surface area is 164 Å². The van der Waals surface area contributed by atoms with E-state index in [9.17, 15) is 14.4 Å². The fourth-order valence-electron chi connectivity index (χ4n) is 2.26. The first kappa shape index (κ1) is 22.3. The van der Waals surface area contributed by atoms with Crippen LogP contribution in [0, 0.1) is 0 Å². The molecule has 0 saturated heterocycles. The Kier molecular flexibility index (Phi) is 9.19. The van der Waals surface area contributed by atoms with Crippen LogP contribution < -0.4 is 10.1 Å². The topological polar surface area (TPSA) is 75.7 Å². The summed E-state index contributed by atoms with van der Waals surface area (Å²) in [4.78, 5) is 36.1. The summed E-state index contributed by atoms with van der Waals surface area (Å²) in [5, 5.41) is 2.79. The van der Waals surface area contributed by atoms with Crippen molar-refractivity contribution in [2.24, 2.45) is 0 Å². The van der Waals surface area contributed by atoms with Gasteiger partial charge in [-0.1, -0.05) is 18.2 Å². The lowest BCUT2D eigenvalue weighted by molar-refractivity contribution is 0.0950. The van der Waals surface area contributed by atoms with Gasteiger partial charge < -0.3 is 15.0 Å². The number of rotatable bonds is 9. The molecule has 0 fully saturated rings. The predicted octanol–water partition coefficient (Wildman–Crippen LogP) is 2.60. The molecular weight excluding hydrogens is 368 g/mol. The Bertz CT molecular complexity index is 776. The third kappa shape index (κ3) is 6.84. The quantitative estimate of drug-likeness (QED) is 0.666. The molecule has 0 bridgehead atoms. The molecule has 0 radical (unpaired) electrons. The smallest absolute Gasteiger partial charge is 0.251 e. The molecule has 1 N–H and O–H groups in total. The lowest BCUT2D eigenvalue weighted by atomic mass is 10.1. The Morgan fingerprint density at radius 1 is 1.04 bits per heavy atom. The van der Waals surface area contributed by atoms with Crippen molar-refractivity contribution in [3.63, 3.8) is 0 Å². The number of aldehydes is 2. The molecule has 0 spiro atoms. The molecule has 0 atom stereocenters. The number of nitrogens with zero attached hydrogens (tertiary/aromatic N) is 1. The second-order valence-electron chi connectivity index (χ2n) is 6.06. The van der Waals surface area contributed by atoms with Gasteiger partial charge in [-0.3, -0.25) is 14.4 Å². The molecule has 0 aliphatic rings. The van der Waals surface area contributed by atoms with E-state index in [4.69, 9.17) is 4.74 Å². The van der Waals surface area contributed by atoms with Gasteiger partial charge in [0.1, 0.15) is 12.4 Å². The van der Waals surface area contributed by atoms with Gasteiger partial charge in [0.05, 0.1) is 0 Å². The number of ether oxygens (including phenoxy) is 1. The largest absolute Gasteiger partial charge is 0.492 e. The first-order valence-corrected chi connectivity index (χ1v) is 8.22. The van der Waals surface area contributed by atoms with Crippen molar-refractivity contribution in [1.82, 2.24) is 10.2 Å². The minimum absolute atomic E-state index is 0. The summed E-state index contributed by atoms with van der Waals surface area (Å²) >= 11 is 0. The Morgan fingerprint density at radius 3 is 2.30 bits per heavy atom. The maximum absolute atomic E-state index is 12.2. The summed E-state index contributed by atoms with van der Waals surface area (Å²) in [6.45, 7) is 1.80. The second-order valence-corrected chi connectivity index (χ2v) is 6.06. The van der Waals surface area contributed by atoms with Crippen molar-refractivity contribution in [3.05, 3.63) is 64.7 Å². The van der Waals surface area contributed by atoms with Crippen molar-refractivity contribution in [3.8, 4) is 5.75 Å². The summed E-state index contributed by atoms with van der Waals surface area (Å²) in [5.74, 6) is 0.471. The standard InChI is InChI=1S/C20H22N2O4.ClH/c1-22(2)9-10-26-19-7-3-15(4-8-19)12-21-20(25)16-5-6-17(13-23)18(11-16)14-24;/h3-8,11,13-14H,9-10,12H2,1-2H3,(H,21,25);1H. The number of halogens is 1. The van der Waals surface area contributed by atoms with Crippen molar-refractivity contribution in [2.45, 2.75) is 6.54 Å². The first-order chi connectivity index (χ1) is 12.5. The molecule has 144 valence electrons. The zero-order chi connectivity index (χ0) is 18.9. The Balaban J connectivity index is 0.00000364. The van der Waals surface area contributed by atoms with E-state index in [1.807, 2.05) is 43.3 Å². The maximum Gasteiger partial charge on any atom is 0.251 e. The van der Waals surface area contributed by atoms with Crippen LogP contribution in [-0.2, 0) is 6.54 Å². The third-order valence-electron chi connectivity index (χ3n) is 3.79. The van der Waals surface area contributed by atoms with Crippen LogP contribution in [0.4, 0.5) is 0 Å². The number of amides is 1. The number of hydrogen-bond donors (Lipinski definition) is 1. The zero-order valence-electron chi connectivity index (χ0n) is 15.3. The van der Waals surface area contributed by atoms with Crippen molar-refractivity contribution in [1.29, 1.82) is 0 Å². The summed E-state index contributed by atoms with van der Waals surface area (Å²) in [5.41, 5.74) is 1.73. The van der Waals surface area contributed by atoms with Crippen LogP contribution in [0.3, 0.4) is 0 Å². The van der Waals surface area contributed by atoms with E-state index in [0.717, 1.165) is 17.9 Å². The van der Waals surface area contributed by atoms with Gasteiger partial charge in [-0.15, -0.1) is 12.4 Å². The summed E-state index contributed by atoms with van der Waals surface area (Å²) in [6.07, 6.45) is 1.16. The van der Waals surface area contributed by atoms with E-state index < -0.39 is 0 Å².